The molecule has 0 atom stereocenters. The van der Waals surface area contributed by atoms with Crippen molar-refractivity contribution in [2.75, 3.05) is 6.61 Å². The molecule has 0 rings (SSSR count). The number of carbonyl (C=O) groups is 1. The predicted molar refractivity (Wildman–Crippen MR) is 54.4 cm³/mol. The number of ether oxygens (including phenoxy) is 1. The summed E-state index contributed by atoms with van der Waals surface area (Å²) in [6, 6.07) is 0. The minimum atomic E-state index is -0.619. The number of hydrogen-bond acceptors (Lipinski definition) is 2. The quantitative estimate of drug-likeness (QED) is 0.398. The summed E-state index contributed by atoms with van der Waals surface area (Å²) in [6.45, 7) is 10.2. The van der Waals surface area contributed by atoms with E-state index in [-0.39, 0.29) is 0 Å². The molecule has 0 aromatic carbocycles. The zero-order valence-electron chi connectivity index (χ0n) is 9.57. The summed E-state index contributed by atoms with van der Waals surface area (Å²) in [6.07, 6.45) is -0.619. The van der Waals surface area contributed by atoms with Gasteiger partial charge in [-0.05, 0) is 6.92 Å². The third-order valence-corrected chi connectivity index (χ3v) is 1.70. The minimum Gasteiger partial charge on any atom is -0.444 e. The van der Waals surface area contributed by atoms with Gasteiger partial charge in [0.15, 0.2) is 0 Å². The Morgan fingerprint density at radius 2 is 1.79 bits per heavy atom. The zero-order chi connectivity index (χ0) is 11.1. The fraction of sp³-hybridized carbons (Fsp3) is 0.800. The van der Waals surface area contributed by atoms with Gasteiger partial charge in [0.1, 0.15) is 0 Å². The van der Waals surface area contributed by atoms with Gasteiger partial charge in [0, 0.05) is 0 Å². The third-order valence-electron chi connectivity index (χ3n) is 1.70. The van der Waals surface area contributed by atoms with E-state index < -0.39 is 6.09 Å². The van der Waals surface area contributed by atoms with E-state index in [4.69, 9.17) is 0 Å². The standard InChI is InChI=1S/C10H19N2O2/c1-6-14-10(13)12-11-9(7(2)3)8(4)5/h7-8H,6H2,1-5H3/q+1. The highest BCUT2D eigenvalue weighted by Crippen LogP contribution is 2.04. The SMILES string of the molecule is CCOC(=O)N=[N+]=C(C(C)C)C(C)C. The molecule has 0 spiro atoms. The average Bonchev–Trinajstić information content (AvgIpc) is 2.03. The van der Waals surface area contributed by atoms with Crippen LogP contribution >= 0.6 is 0 Å². The Hall–Kier alpha value is -1.15. The molecule has 0 heterocycles. The lowest BCUT2D eigenvalue weighted by atomic mass is 9.98. The van der Waals surface area contributed by atoms with Gasteiger partial charge in [0.05, 0.1) is 23.2 Å². The summed E-state index contributed by atoms with van der Waals surface area (Å²) in [5, 5.41) is 3.48. The van der Waals surface area contributed by atoms with Gasteiger partial charge in [-0.1, -0.05) is 27.7 Å². The molecule has 0 aliphatic rings. The molecule has 0 radical (unpaired) electrons. The van der Waals surface area contributed by atoms with Crippen LogP contribution in [0.15, 0.2) is 5.11 Å². The Morgan fingerprint density at radius 3 is 2.14 bits per heavy atom. The van der Waals surface area contributed by atoms with Gasteiger partial charge < -0.3 is 4.74 Å². The van der Waals surface area contributed by atoms with E-state index in [1.807, 2.05) is 27.7 Å². The van der Waals surface area contributed by atoms with Crippen LogP contribution in [0.5, 0.6) is 0 Å². The van der Waals surface area contributed by atoms with Crippen LogP contribution < -0.4 is 0 Å². The monoisotopic (exact) mass is 199 g/mol. The molecule has 0 aliphatic heterocycles. The number of carbonyl (C=O) groups excluding carboxylic acids is 1. The number of hydrogen-bond donors (Lipinski definition) is 0. The highest BCUT2D eigenvalue weighted by atomic mass is 16.5. The van der Waals surface area contributed by atoms with Crippen molar-refractivity contribution in [3.05, 3.63) is 0 Å². The van der Waals surface area contributed by atoms with Gasteiger partial charge in [-0.2, -0.15) is 0 Å². The van der Waals surface area contributed by atoms with Gasteiger partial charge in [0.25, 0.3) is 0 Å². The highest BCUT2D eigenvalue weighted by molar-refractivity contribution is 5.82. The first-order chi connectivity index (χ1) is 6.49. The molecule has 4 nitrogen and oxygen atoms in total. The van der Waals surface area contributed by atoms with E-state index in [0.717, 1.165) is 5.71 Å². The largest absolute Gasteiger partial charge is 0.509 e. The van der Waals surface area contributed by atoms with Crippen LogP contribution in [0.2, 0.25) is 0 Å². The summed E-state index contributed by atoms with van der Waals surface area (Å²) in [4.78, 5) is 14.8. The molecule has 0 unspecified atom stereocenters. The Balaban J connectivity index is 4.64. The molecule has 0 bridgehead atoms. The topological polar surface area (TPSA) is 52.8 Å². The second-order valence-electron chi connectivity index (χ2n) is 3.63. The molecule has 1 amide bonds. The van der Waals surface area contributed by atoms with E-state index in [1.165, 1.54) is 0 Å². The van der Waals surface area contributed by atoms with E-state index in [2.05, 4.69) is 14.6 Å². The maximum atomic E-state index is 10.9. The normalized spacial score (nSPS) is 9.93. The van der Waals surface area contributed by atoms with E-state index in [9.17, 15) is 4.79 Å². The van der Waals surface area contributed by atoms with Crippen molar-refractivity contribution in [3.63, 3.8) is 0 Å². The van der Waals surface area contributed by atoms with Crippen LogP contribution in [-0.4, -0.2) is 23.2 Å². The van der Waals surface area contributed by atoms with Gasteiger partial charge in [0.2, 0.25) is 5.11 Å². The van der Waals surface area contributed by atoms with Crippen molar-refractivity contribution in [3.8, 4) is 0 Å². The van der Waals surface area contributed by atoms with Crippen LogP contribution in [0.25, 0.3) is 0 Å². The van der Waals surface area contributed by atoms with Gasteiger partial charge >= 0.3 is 11.8 Å². The predicted octanol–water partition coefficient (Wildman–Crippen LogP) is 2.56. The Labute approximate surface area is 85.1 Å². The smallest absolute Gasteiger partial charge is 0.444 e. The molecule has 0 N–H and O–H groups in total. The van der Waals surface area contributed by atoms with Crippen molar-refractivity contribution in [2.45, 2.75) is 34.6 Å². The molecule has 4 heteroatoms. The van der Waals surface area contributed by atoms with Crippen molar-refractivity contribution < 1.29 is 14.3 Å². The first-order valence-electron chi connectivity index (χ1n) is 4.94. The number of rotatable bonds is 3. The lowest BCUT2D eigenvalue weighted by Crippen LogP contribution is -2.16. The summed E-state index contributed by atoms with van der Waals surface area (Å²) in [7, 11) is 0. The highest BCUT2D eigenvalue weighted by Gasteiger charge is 2.21. The third kappa shape index (κ3) is 4.77. The second-order valence-corrected chi connectivity index (χ2v) is 3.63. The van der Waals surface area contributed by atoms with Crippen LogP contribution in [0, 0.1) is 11.8 Å². The molecule has 14 heavy (non-hydrogen) atoms. The summed E-state index contributed by atoms with van der Waals surface area (Å²) < 4.78 is 4.64. The lowest BCUT2D eigenvalue weighted by Gasteiger charge is -1.98. The molecule has 0 aliphatic carbocycles. The van der Waals surface area contributed by atoms with Gasteiger partial charge in [-0.3, -0.25) is 0 Å². The fourth-order valence-electron chi connectivity index (χ4n) is 1.15. The number of nitrogens with zero attached hydrogens (tertiary/aromatic N) is 2. The van der Waals surface area contributed by atoms with E-state index in [1.54, 1.807) is 6.92 Å². The molecular weight excluding hydrogens is 180 g/mol. The van der Waals surface area contributed by atoms with Crippen LogP contribution in [0.3, 0.4) is 0 Å². The number of amides is 1. The summed E-state index contributed by atoms with van der Waals surface area (Å²) in [5.74, 6) is 0.598. The average molecular weight is 199 g/mol. The van der Waals surface area contributed by atoms with Crippen LogP contribution in [-0.2, 0) is 4.74 Å². The molecule has 0 saturated heterocycles. The zero-order valence-corrected chi connectivity index (χ0v) is 9.57. The van der Waals surface area contributed by atoms with Gasteiger partial charge in [-0.15, -0.1) is 0 Å². The second kappa shape index (κ2) is 6.33. The van der Waals surface area contributed by atoms with Crippen LogP contribution in [0.1, 0.15) is 34.6 Å². The maximum absolute atomic E-state index is 10.9. The minimum absolute atomic E-state index is 0.299. The maximum Gasteiger partial charge on any atom is 0.509 e. The Morgan fingerprint density at radius 1 is 1.29 bits per heavy atom. The van der Waals surface area contributed by atoms with Crippen molar-refractivity contribution in [1.82, 2.24) is 0 Å². The first kappa shape index (κ1) is 12.8. The molecule has 0 saturated carbocycles. The molecular formula is C10H19N2O2+. The van der Waals surface area contributed by atoms with Crippen LogP contribution in [0.4, 0.5) is 4.79 Å². The molecule has 0 aromatic rings. The van der Waals surface area contributed by atoms with Crippen molar-refractivity contribution >= 4 is 11.8 Å². The molecule has 80 valence electrons. The molecule has 0 fully saturated rings. The van der Waals surface area contributed by atoms with E-state index in [0.29, 0.717) is 18.4 Å². The molecule has 0 aromatic heterocycles. The van der Waals surface area contributed by atoms with E-state index >= 15 is 0 Å². The first-order valence-corrected chi connectivity index (χ1v) is 4.94. The van der Waals surface area contributed by atoms with Crippen molar-refractivity contribution in [2.24, 2.45) is 17.0 Å². The lowest BCUT2D eigenvalue weighted by molar-refractivity contribution is -0.0964. The Kier molecular flexibility index (Phi) is 5.81. The fourth-order valence-corrected chi connectivity index (χ4v) is 1.15. The summed E-state index contributed by atoms with van der Waals surface area (Å²) >= 11 is 0. The van der Waals surface area contributed by atoms with Crippen molar-refractivity contribution in [1.29, 1.82) is 0 Å². The summed E-state index contributed by atoms with van der Waals surface area (Å²) in [5.41, 5.74) is 0.915. The Bertz CT molecular complexity index is 241. The van der Waals surface area contributed by atoms with Gasteiger partial charge in [-0.25, -0.2) is 4.79 Å².